The van der Waals surface area contributed by atoms with E-state index in [9.17, 15) is 0 Å². The fourth-order valence-corrected chi connectivity index (χ4v) is 0.761. The van der Waals surface area contributed by atoms with Crippen LogP contribution in [0.5, 0.6) is 17.4 Å². The molecule has 0 aliphatic heterocycles. The van der Waals surface area contributed by atoms with Gasteiger partial charge < -0.3 is 79.5 Å². The van der Waals surface area contributed by atoms with Crippen LogP contribution in [0.2, 0.25) is 0 Å². The molecule has 0 aliphatic carbocycles. The molecule has 1 rings (SSSR count). The maximum Gasteiger partial charge on any atom is 1.00 e. The van der Waals surface area contributed by atoms with Crippen LogP contribution in [0.3, 0.4) is 0 Å². The SMILES string of the molecule is COc1[c-]c(OC)c(OC)nc1.OB(O)O.OB(O)O.OB(O)O.OB(O)O.[Li+]. The first-order valence-electron chi connectivity index (χ1n) is 6.46. The van der Waals surface area contributed by atoms with Crippen LogP contribution in [0.15, 0.2) is 6.20 Å². The third kappa shape index (κ3) is 52.1. The number of methoxy groups -OCH3 is 3. The Morgan fingerprint density at radius 3 is 1.17 bits per heavy atom. The first-order valence-corrected chi connectivity index (χ1v) is 6.46. The average Bonchev–Trinajstić information content (AvgIpc) is 2.52. The van der Waals surface area contributed by atoms with E-state index in [2.05, 4.69) is 11.1 Å². The molecule has 0 fully saturated rings. The summed E-state index contributed by atoms with van der Waals surface area (Å²) in [5.41, 5.74) is 0. The minimum atomic E-state index is -2.17. The summed E-state index contributed by atoms with van der Waals surface area (Å²) < 4.78 is 14.8. The van der Waals surface area contributed by atoms with Crippen molar-refractivity contribution in [3.63, 3.8) is 0 Å². The standard InChI is InChI=1S/C8H10NO3.4BH3O3.Li/c1-10-6-4-7(11-2)8(12-3)9-5-6;4*2-1(3)4;/h5H,1-3H3;4*2-4H;/q-1;;;;;+1. The van der Waals surface area contributed by atoms with Crippen molar-refractivity contribution in [2.75, 3.05) is 21.3 Å². The van der Waals surface area contributed by atoms with Crippen molar-refractivity contribution in [1.29, 1.82) is 0 Å². The molecular formula is C8H22B4LiNO15. The van der Waals surface area contributed by atoms with Crippen molar-refractivity contribution in [2.24, 2.45) is 0 Å². The van der Waals surface area contributed by atoms with E-state index in [-0.39, 0.29) is 18.9 Å². The Morgan fingerprint density at radius 1 is 0.655 bits per heavy atom. The molecule has 0 amide bonds. The van der Waals surface area contributed by atoms with Crippen molar-refractivity contribution >= 4 is 29.3 Å². The quantitative estimate of drug-likeness (QED) is 0.159. The maximum absolute atomic E-state index is 7.17. The zero-order valence-electron chi connectivity index (χ0n) is 15.9. The Labute approximate surface area is 179 Å². The Morgan fingerprint density at radius 2 is 0.966 bits per heavy atom. The van der Waals surface area contributed by atoms with Crippen LogP contribution in [0.1, 0.15) is 0 Å². The molecule has 0 unspecified atom stereocenters. The third-order valence-corrected chi connectivity index (χ3v) is 1.35. The van der Waals surface area contributed by atoms with Crippen molar-refractivity contribution in [3.8, 4) is 17.4 Å². The molecule has 1 aromatic rings. The largest absolute Gasteiger partial charge is 1.00 e. The average molecular weight is 422 g/mol. The second-order valence-electron chi connectivity index (χ2n) is 3.38. The molecule has 21 heteroatoms. The van der Waals surface area contributed by atoms with Crippen molar-refractivity contribution in [2.45, 2.75) is 0 Å². The van der Waals surface area contributed by atoms with Gasteiger partial charge >= 0.3 is 48.1 Å². The Bertz CT molecular complexity index is 412. The fraction of sp³-hybridized carbons (Fsp3) is 0.375. The normalized spacial score (nSPS) is 7.55. The van der Waals surface area contributed by atoms with Crippen molar-refractivity contribution in [1.82, 2.24) is 4.98 Å². The van der Waals surface area contributed by atoms with E-state index >= 15 is 0 Å². The number of pyridine rings is 1. The smallest absolute Gasteiger partial charge is 0.535 e. The van der Waals surface area contributed by atoms with Gasteiger partial charge in [0, 0.05) is 5.75 Å². The summed E-state index contributed by atoms with van der Waals surface area (Å²) in [6.45, 7) is 0. The molecule has 16 nitrogen and oxygen atoms in total. The van der Waals surface area contributed by atoms with Gasteiger partial charge in [-0.3, -0.25) is 0 Å². The van der Waals surface area contributed by atoms with Crippen molar-refractivity contribution < 1.29 is 93.4 Å². The number of hydrogen-bond acceptors (Lipinski definition) is 16. The first kappa shape index (κ1) is 38.5. The van der Waals surface area contributed by atoms with Gasteiger partial charge in [0.05, 0.1) is 27.1 Å². The number of ether oxygens (including phenoxy) is 3. The van der Waals surface area contributed by atoms with E-state index in [4.69, 9.17) is 74.5 Å². The summed E-state index contributed by atoms with van der Waals surface area (Å²) in [6.07, 6.45) is 1.52. The molecule has 162 valence electrons. The molecule has 0 saturated heterocycles. The Balaban J connectivity index is -0.0000000949. The van der Waals surface area contributed by atoms with Gasteiger partial charge in [0.1, 0.15) is 5.88 Å². The minimum Gasteiger partial charge on any atom is -0.535 e. The number of hydrogen-bond donors (Lipinski definition) is 12. The van der Waals surface area contributed by atoms with E-state index in [0.29, 0.717) is 17.4 Å². The van der Waals surface area contributed by atoms with Crippen LogP contribution < -0.4 is 33.1 Å². The maximum atomic E-state index is 7.17. The van der Waals surface area contributed by atoms with Gasteiger partial charge in [-0.25, -0.2) is 0 Å². The molecule has 0 bridgehead atoms. The summed E-state index contributed by atoms with van der Waals surface area (Å²) in [6, 6.07) is 2.83. The van der Waals surface area contributed by atoms with E-state index in [1.165, 1.54) is 20.4 Å². The van der Waals surface area contributed by atoms with Crippen LogP contribution >= 0.6 is 0 Å². The van der Waals surface area contributed by atoms with Gasteiger partial charge in [0.2, 0.25) is 0 Å². The second-order valence-corrected chi connectivity index (χ2v) is 3.38. The van der Waals surface area contributed by atoms with Crippen LogP contribution in [-0.2, 0) is 0 Å². The van der Waals surface area contributed by atoms with Crippen LogP contribution in [0, 0.1) is 6.07 Å². The predicted molar refractivity (Wildman–Crippen MR) is 92.4 cm³/mol. The summed E-state index contributed by atoms with van der Waals surface area (Å²) in [5, 5.41) is 86.0. The molecule has 0 radical (unpaired) electrons. The molecule has 0 spiro atoms. The molecule has 0 aliphatic rings. The third-order valence-electron chi connectivity index (χ3n) is 1.35. The van der Waals surface area contributed by atoms with Crippen LogP contribution in [0.25, 0.3) is 0 Å². The molecule has 29 heavy (non-hydrogen) atoms. The van der Waals surface area contributed by atoms with E-state index in [0.717, 1.165) is 0 Å². The molecule has 0 saturated carbocycles. The Kier molecular flexibility index (Phi) is 35.8. The summed E-state index contributed by atoms with van der Waals surface area (Å²) in [7, 11) is -4.08. The van der Waals surface area contributed by atoms with Crippen molar-refractivity contribution in [3.05, 3.63) is 12.3 Å². The zero-order valence-corrected chi connectivity index (χ0v) is 15.9. The van der Waals surface area contributed by atoms with Crippen LogP contribution in [-0.4, -0.2) is 116 Å². The molecule has 0 aromatic carbocycles. The molecule has 1 aromatic heterocycles. The summed E-state index contributed by atoms with van der Waals surface area (Å²) in [4.78, 5) is 3.94. The topological polar surface area (TPSA) is 283 Å². The molecule has 0 atom stereocenters. The summed E-state index contributed by atoms with van der Waals surface area (Å²) >= 11 is 0. The minimum absolute atomic E-state index is 0. The van der Waals surface area contributed by atoms with Gasteiger partial charge in [-0.15, -0.1) is 0 Å². The van der Waals surface area contributed by atoms with Gasteiger partial charge in [-0.05, 0) is 6.20 Å². The summed E-state index contributed by atoms with van der Waals surface area (Å²) in [5.74, 6) is 1.36. The zero-order chi connectivity index (χ0) is 23.3. The van der Waals surface area contributed by atoms with Gasteiger partial charge in [-0.1, -0.05) is 6.07 Å². The molecule has 12 N–H and O–H groups in total. The first-order chi connectivity index (χ1) is 12.7. The van der Waals surface area contributed by atoms with E-state index in [1.807, 2.05) is 0 Å². The fourth-order valence-electron chi connectivity index (χ4n) is 0.761. The van der Waals surface area contributed by atoms with Gasteiger partial charge in [-0.2, -0.15) is 0 Å². The molecule has 1 heterocycles. The second kappa shape index (κ2) is 26.9. The van der Waals surface area contributed by atoms with E-state index < -0.39 is 29.3 Å². The van der Waals surface area contributed by atoms with E-state index in [1.54, 1.807) is 7.11 Å². The number of nitrogens with zero attached hydrogens (tertiary/aromatic N) is 1. The number of rotatable bonds is 3. The van der Waals surface area contributed by atoms with Crippen LogP contribution in [0.4, 0.5) is 0 Å². The monoisotopic (exact) mass is 423 g/mol. The Hall–Kier alpha value is -1.07. The predicted octanol–water partition coefficient (Wildman–Crippen LogP) is -10.3. The van der Waals surface area contributed by atoms with Gasteiger partial charge in [0.25, 0.3) is 0 Å². The van der Waals surface area contributed by atoms with Gasteiger partial charge in [0.15, 0.2) is 0 Å². The number of aromatic nitrogens is 1. The molecular weight excluding hydrogens is 400 g/mol.